The van der Waals surface area contributed by atoms with Crippen LogP contribution in [-0.4, -0.2) is 61.5 Å². The minimum atomic E-state index is 0.515. The highest BCUT2D eigenvalue weighted by Gasteiger charge is 2.19. The number of piperidine rings is 2. The highest BCUT2D eigenvalue weighted by atomic mass is 16.5. The molecule has 2 aliphatic heterocycles. The molecule has 2 saturated heterocycles. The Balaban J connectivity index is 0.000000620. The molecule has 0 aliphatic carbocycles. The molecule has 364 valence electrons. The molecule has 4 nitrogen and oxygen atoms in total. The summed E-state index contributed by atoms with van der Waals surface area (Å²) in [7, 11) is 0. The van der Waals surface area contributed by atoms with Gasteiger partial charge in [-0.3, -0.25) is 4.79 Å². The van der Waals surface area contributed by atoms with Gasteiger partial charge in [-0.2, -0.15) is 0 Å². The second-order valence-electron chi connectivity index (χ2n) is 19.8. The Bertz CT molecular complexity index is 925. The van der Waals surface area contributed by atoms with Crippen LogP contribution in [0.2, 0.25) is 0 Å². The summed E-state index contributed by atoms with van der Waals surface area (Å²) in [4.78, 5) is 17.4. The topological polar surface area (TPSA) is 32.8 Å². The summed E-state index contributed by atoms with van der Waals surface area (Å²) in [6.07, 6.45) is 58.7. The predicted octanol–water partition coefficient (Wildman–Crippen LogP) is 18.0. The molecule has 0 atom stereocenters. The van der Waals surface area contributed by atoms with Crippen molar-refractivity contribution in [1.29, 1.82) is 0 Å². The maximum atomic E-state index is 12.1. The number of ether oxygens (including phenoxy) is 1. The molecule has 0 spiro atoms. The van der Waals surface area contributed by atoms with E-state index in [2.05, 4.69) is 68.4 Å². The summed E-state index contributed by atoms with van der Waals surface area (Å²) in [5.41, 5.74) is 0. The summed E-state index contributed by atoms with van der Waals surface area (Å²) in [6.45, 7) is 21.8. The molecule has 0 saturated carbocycles. The molecule has 0 aromatic rings. The van der Waals surface area contributed by atoms with Crippen LogP contribution in [-0.2, 0) is 9.53 Å². The normalized spacial score (nSPS) is 15.7. The first kappa shape index (κ1) is 58.6. The number of allylic oxidation sites excluding steroid dienone is 5. The average molecular weight is 868 g/mol. The van der Waals surface area contributed by atoms with Crippen LogP contribution in [0, 0.1) is 11.8 Å². The van der Waals surface area contributed by atoms with Crippen molar-refractivity contribution in [3.63, 3.8) is 0 Å². The van der Waals surface area contributed by atoms with Gasteiger partial charge in [0.2, 0.25) is 0 Å². The molecule has 62 heavy (non-hydrogen) atoms. The number of ketones is 1. The van der Waals surface area contributed by atoms with Gasteiger partial charge in [0.05, 0.1) is 12.4 Å². The Morgan fingerprint density at radius 3 is 1.23 bits per heavy atom. The number of hydrogen-bond donors (Lipinski definition) is 0. The number of Topliss-reactive ketones (excluding diaryl/α,β-unsaturated/α-hetero) is 1. The van der Waals surface area contributed by atoms with Crippen molar-refractivity contribution in [3.05, 3.63) is 36.6 Å². The first-order valence-corrected chi connectivity index (χ1v) is 28.1. The van der Waals surface area contributed by atoms with Crippen LogP contribution in [0.5, 0.6) is 0 Å². The molecule has 0 radical (unpaired) electrons. The molecule has 2 heterocycles. The van der Waals surface area contributed by atoms with Gasteiger partial charge in [-0.1, -0.05) is 161 Å². The van der Waals surface area contributed by atoms with E-state index >= 15 is 0 Å². The molecule has 0 aromatic heterocycles. The SMILES string of the molecule is C=C(CCCCCCC/C=C\CCCCCCCC)OCCC1CCN(CCC)CC1.CCCCCCCC/C=C\CCCCCCCC(=O)CCCC1CCN(CCC)CC1. The fourth-order valence-corrected chi connectivity index (χ4v) is 9.57. The number of rotatable bonds is 42. The van der Waals surface area contributed by atoms with E-state index in [-0.39, 0.29) is 0 Å². The van der Waals surface area contributed by atoms with E-state index in [1.54, 1.807) is 0 Å². The van der Waals surface area contributed by atoms with Gasteiger partial charge in [0, 0.05) is 19.3 Å². The number of hydrogen-bond acceptors (Lipinski definition) is 4. The molecule has 2 rings (SSSR count). The summed E-state index contributed by atoms with van der Waals surface area (Å²) in [5.74, 6) is 3.27. The Labute approximate surface area is 389 Å². The van der Waals surface area contributed by atoms with Crippen molar-refractivity contribution in [2.75, 3.05) is 45.9 Å². The third-order valence-corrected chi connectivity index (χ3v) is 13.8. The monoisotopic (exact) mass is 867 g/mol. The smallest absolute Gasteiger partial charge is 0.132 e. The van der Waals surface area contributed by atoms with Crippen molar-refractivity contribution in [2.45, 2.75) is 272 Å². The van der Waals surface area contributed by atoms with E-state index in [0.29, 0.717) is 5.78 Å². The van der Waals surface area contributed by atoms with Gasteiger partial charge in [0.25, 0.3) is 0 Å². The maximum absolute atomic E-state index is 12.1. The van der Waals surface area contributed by atoms with Crippen LogP contribution < -0.4 is 0 Å². The van der Waals surface area contributed by atoms with E-state index in [1.807, 2.05) is 0 Å². The van der Waals surface area contributed by atoms with Gasteiger partial charge >= 0.3 is 0 Å². The number of unbranched alkanes of at least 4 members (excludes halogenated alkanes) is 22. The maximum Gasteiger partial charge on any atom is 0.132 e. The van der Waals surface area contributed by atoms with Crippen LogP contribution in [0.1, 0.15) is 272 Å². The lowest BCUT2D eigenvalue weighted by Gasteiger charge is -2.31. The van der Waals surface area contributed by atoms with Gasteiger partial charge < -0.3 is 14.5 Å². The lowest BCUT2D eigenvalue weighted by molar-refractivity contribution is -0.119. The molecule has 2 aliphatic rings. The minimum absolute atomic E-state index is 0.515. The van der Waals surface area contributed by atoms with Crippen molar-refractivity contribution in [1.82, 2.24) is 9.80 Å². The zero-order valence-electron chi connectivity index (χ0n) is 42.7. The van der Waals surface area contributed by atoms with Crippen LogP contribution in [0.4, 0.5) is 0 Å². The number of nitrogens with zero attached hydrogens (tertiary/aromatic N) is 2. The standard InChI is InChI=1S/2C29H55NO/c1-4-6-7-8-9-10-11-12-13-14-15-16-17-18-19-20-28(3)31-27-23-29-21-25-30(24-5-2)26-22-29;1-3-5-6-7-8-9-10-11-12-13-14-15-16-17-18-21-29(31)22-19-20-28-23-26-30(25-4-2)27-24-28/h12-13,29H,3-11,14-27H2,1-2H3;11-12,28H,3-10,13-27H2,1-2H3/b13-12-;12-11-. The lowest BCUT2D eigenvalue weighted by Crippen LogP contribution is -2.34. The largest absolute Gasteiger partial charge is 0.499 e. The Morgan fingerprint density at radius 2 is 0.806 bits per heavy atom. The Kier molecular flexibility index (Phi) is 43.6. The van der Waals surface area contributed by atoms with Crippen LogP contribution in [0.15, 0.2) is 36.6 Å². The van der Waals surface area contributed by atoms with Crippen molar-refractivity contribution < 1.29 is 9.53 Å². The van der Waals surface area contributed by atoms with Gasteiger partial charge in [0.15, 0.2) is 0 Å². The minimum Gasteiger partial charge on any atom is -0.499 e. The van der Waals surface area contributed by atoms with E-state index in [9.17, 15) is 4.79 Å². The molecular formula is C58H110N2O2. The Hall–Kier alpha value is -1.39. The second-order valence-corrected chi connectivity index (χ2v) is 19.8. The highest BCUT2D eigenvalue weighted by Crippen LogP contribution is 2.24. The predicted molar refractivity (Wildman–Crippen MR) is 276 cm³/mol. The van der Waals surface area contributed by atoms with E-state index in [1.165, 1.54) is 251 Å². The van der Waals surface area contributed by atoms with E-state index < -0.39 is 0 Å². The van der Waals surface area contributed by atoms with Crippen molar-refractivity contribution in [3.8, 4) is 0 Å². The number of carbonyl (C=O) groups excluding carboxylic acids is 1. The van der Waals surface area contributed by atoms with Crippen molar-refractivity contribution in [2.24, 2.45) is 11.8 Å². The third-order valence-electron chi connectivity index (χ3n) is 13.8. The van der Waals surface area contributed by atoms with Gasteiger partial charge in [-0.25, -0.2) is 0 Å². The Morgan fingerprint density at radius 1 is 0.452 bits per heavy atom. The van der Waals surface area contributed by atoms with Crippen LogP contribution in [0.25, 0.3) is 0 Å². The summed E-state index contributed by atoms with van der Waals surface area (Å²) in [5, 5.41) is 0. The fourth-order valence-electron chi connectivity index (χ4n) is 9.57. The molecular weight excluding hydrogens is 757 g/mol. The van der Waals surface area contributed by atoms with Gasteiger partial charge in [-0.15, -0.1) is 0 Å². The van der Waals surface area contributed by atoms with Gasteiger partial charge in [0.1, 0.15) is 5.78 Å². The lowest BCUT2D eigenvalue weighted by atomic mass is 9.91. The van der Waals surface area contributed by atoms with Crippen LogP contribution in [0.3, 0.4) is 0 Å². The average Bonchev–Trinajstić information content (AvgIpc) is 3.28. The highest BCUT2D eigenvalue weighted by molar-refractivity contribution is 5.78. The van der Waals surface area contributed by atoms with E-state index in [0.717, 1.165) is 56.3 Å². The molecule has 4 heteroatoms. The van der Waals surface area contributed by atoms with Crippen LogP contribution >= 0.6 is 0 Å². The zero-order valence-corrected chi connectivity index (χ0v) is 42.7. The molecule has 0 bridgehead atoms. The molecule has 2 fully saturated rings. The molecule has 0 N–H and O–H groups in total. The molecule has 0 amide bonds. The van der Waals surface area contributed by atoms with Gasteiger partial charge in [-0.05, 0) is 173 Å². The zero-order chi connectivity index (χ0) is 44.8. The number of carbonyl (C=O) groups is 1. The summed E-state index contributed by atoms with van der Waals surface area (Å²) >= 11 is 0. The molecule has 0 unspecified atom stereocenters. The summed E-state index contributed by atoms with van der Waals surface area (Å²) in [6, 6.07) is 0. The summed E-state index contributed by atoms with van der Waals surface area (Å²) < 4.78 is 5.92. The van der Waals surface area contributed by atoms with E-state index in [4.69, 9.17) is 4.74 Å². The second kappa shape index (κ2) is 46.2. The molecule has 0 aromatic carbocycles. The quantitative estimate of drug-likeness (QED) is 0.0348. The first-order chi connectivity index (χ1) is 30.5. The third kappa shape index (κ3) is 39.0. The van der Waals surface area contributed by atoms with Crippen molar-refractivity contribution >= 4 is 5.78 Å². The fraction of sp³-hybridized carbons (Fsp3) is 0.879. The number of likely N-dealkylation sites (tertiary alicyclic amines) is 2. The first-order valence-electron chi connectivity index (χ1n) is 28.1.